The average molecular weight is 273 g/mol. The molecular weight excluding hydrogens is 259 g/mol. The second-order valence-electron chi connectivity index (χ2n) is 3.40. The number of hydrogen-bond donors (Lipinski definition) is 1. The van der Waals surface area contributed by atoms with Crippen LogP contribution in [0.15, 0.2) is 35.3 Å². The molecule has 1 aromatic rings. The lowest BCUT2D eigenvalue weighted by Gasteiger charge is -2.11. The first-order valence-electron chi connectivity index (χ1n) is 4.89. The molecule has 0 radical (unpaired) electrons. The predicted octanol–water partition coefficient (Wildman–Crippen LogP) is 3.98. The second-order valence-corrected chi connectivity index (χ2v) is 4.32. The Balaban J connectivity index is 2.64. The average Bonchev–Trinajstić information content (AvgIpc) is 2.17. The zero-order valence-electron chi connectivity index (χ0n) is 8.42. The van der Waals surface area contributed by atoms with E-state index < -0.39 is 6.10 Å². The van der Waals surface area contributed by atoms with Crippen LogP contribution in [-0.4, -0.2) is 5.11 Å². The van der Waals surface area contributed by atoms with Gasteiger partial charge in [-0.2, -0.15) is 0 Å². The van der Waals surface area contributed by atoms with E-state index in [1.165, 1.54) is 6.07 Å². The van der Waals surface area contributed by atoms with Crippen molar-refractivity contribution in [3.63, 3.8) is 0 Å². The molecular formula is C12H14BrFO. The summed E-state index contributed by atoms with van der Waals surface area (Å²) in [4.78, 5) is 0. The third kappa shape index (κ3) is 3.76. The standard InChI is InChI=1S/C12H14BrFO/c1-2-3-4-5-12(15)10-7-6-9(13)8-11(10)14/h2,6-8,12,15H,1,3-5H2. The molecule has 0 fully saturated rings. The summed E-state index contributed by atoms with van der Waals surface area (Å²) < 4.78 is 14.1. The van der Waals surface area contributed by atoms with Gasteiger partial charge in [0.2, 0.25) is 0 Å². The van der Waals surface area contributed by atoms with E-state index in [0.29, 0.717) is 16.5 Å². The van der Waals surface area contributed by atoms with Gasteiger partial charge in [0.25, 0.3) is 0 Å². The zero-order valence-corrected chi connectivity index (χ0v) is 10.0. The predicted molar refractivity (Wildman–Crippen MR) is 63.1 cm³/mol. The topological polar surface area (TPSA) is 20.2 Å². The van der Waals surface area contributed by atoms with Gasteiger partial charge in [-0.25, -0.2) is 4.39 Å². The number of hydrogen-bond acceptors (Lipinski definition) is 1. The van der Waals surface area contributed by atoms with E-state index in [1.807, 2.05) is 0 Å². The summed E-state index contributed by atoms with van der Waals surface area (Å²) in [5.74, 6) is -0.365. The summed E-state index contributed by atoms with van der Waals surface area (Å²) >= 11 is 3.17. The van der Waals surface area contributed by atoms with E-state index in [1.54, 1.807) is 18.2 Å². The van der Waals surface area contributed by atoms with Gasteiger partial charge in [0.1, 0.15) is 5.82 Å². The number of allylic oxidation sites excluding steroid dienone is 1. The zero-order chi connectivity index (χ0) is 11.3. The number of unbranched alkanes of at least 4 members (excludes halogenated alkanes) is 1. The highest BCUT2D eigenvalue weighted by Crippen LogP contribution is 2.24. The van der Waals surface area contributed by atoms with Gasteiger partial charge in [-0.05, 0) is 31.4 Å². The number of aliphatic hydroxyl groups is 1. The lowest BCUT2D eigenvalue weighted by atomic mass is 10.0. The van der Waals surface area contributed by atoms with Crippen molar-refractivity contribution in [3.05, 3.63) is 46.7 Å². The van der Waals surface area contributed by atoms with Gasteiger partial charge in [0, 0.05) is 10.0 Å². The van der Waals surface area contributed by atoms with E-state index >= 15 is 0 Å². The van der Waals surface area contributed by atoms with E-state index in [4.69, 9.17) is 0 Å². The summed E-state index contributed by atoms with van der Waals surface area (Å²) in [7, 11) is 0. The molecule has 0 aliphatic carbocycles. The monoisotopic (exact) mass is 272 g/mol. The minimum absolute atomic E-state index is 0.363. The molecule has 1 rings (SSSR count). The number of rotatable bonds is 5. The van der Waals surface area contributed by atoms with Gasteiger partial charge in [-0.1, -0.05) is 28.1 Å². The normalized spacial score (nSPS) is 12.5. The highest BCUT2D eigenvalue weighted by Gasteiger charge is 2.12. The maximum absolute atomic E-state index is 13.4. The molecule has 0 aliphatic rings. The Bertz CT molecular complexity index is 338. The Morgan fingerprint density at radius 2 is 2.27 bits per heavy atom. The smallest absolute Gasteiger partial charge is 0.130 e. The minimum Gasteiger partial charge on any atom is -0.388 e. The molecule has 0 bridgehead atoms. The maximum atomic E-state index is 13.4. The van der Waals surface area contributed by atoms with Crippen LogP contribution in [0.5, 0.6) is 0 Å². The minimum atomic E-state index is -0.724. The number of aliphatic hydroxyl groups excluding tert-OH is 1. The van der Waals surface area contributed by atoms with Crippen molar-refractivity contribution in [3.8, 4) is 0 Å². The molecule has 0 heterocycles. The quantitative estimate of drug-likeness (QED) is 0.635. The van der Waals surface area contributed by atoms with Crippen LogP contribution in [0.1, 0.15) is 30.9 Å². The molecule has 0 saturated carbocycles. The third-order valence-electron chi connectivity index (χ3n) is 2.21. The highest BCUT2D eigenvalue weighted by atomic mass is 79.9. The third-order valence-corrected chi connectivity index (χ3v) is 2.70. The van der Waals surface area contributed by atoms with Gasteiger partial charge in [-0.3, -0.25) is 0 Å². The van der Waals surface area contributed by atoms with Crippen molar-refractivity contribution in [1.29, 1.82) is 0 Å². The van der Waals surface area contributed by atoms with E-state index in [-0.39, 0.29) is 5.82 Å². The fourth-order valence-electron chi connectivity index (χ4n) is 1.38. The molecule has 0 aromatic heterocycles. The van der Waals surface area contributed by atoms with E-state index in [9.17, 15) is 9.50 Å². The van der Waals surface area contributed by atoms with Crippen LogP contribution in [0.25, 0.3) is 0 Å². The van der Waals surface area contributed by atoms with E-state index in [2.05, 4.69) is 22.5 Å². The van der Waals surface area contributed by atoms with Crippen molar-refractivity contribution < 1.29 is 9.50 Å². The fraction of sp³-hybridized carbons (Fsp3) is 0.333. The van der Waals surface area contributed by atoms with Crippen molar-refractivity contribution >= 4 is 15.9 Å². The summed E-state index contributed by atoms with van der Waals surface area (Å²) in [5.41, 5.74) is 0.363. The molecule has 1 atom stereocenters. The number of halogens is 2. The fourth-order valence-corrected chi connectivity index (χ4v) is 1.72. The van der Waals surface area contributed by atoms with Crippen LogP contribution >= 0.6 is 15.9 Å². The Labute approximate surface area is 97.8 Å². The van der Waals surface area contributed by atoms with Crippen molar-refractivity contribution in [1.82, 2.24) is 0 Å². The van der Waals surface area contributed by atoms with Gasteiger partial charge in [0.05, 0.1) is 6.10 Å². The Hall–Kier alpha value is -0.670. The van der Waals surface area contributed by atoms with Gasteiger partial charge >= 0.3 is 0 Å². The van der Waals surface area contributed by atoms with Crippen molar-refractivity contribution in [2.24, 2.45) is 0 Å². The summed E-state index contributed by atoms with van der Waals surface area (Å²) in [6.07, 6.45) is 3.29. The molecule has 0 saturated heterocycles. The molecule has 15 heavy (non-hydrogen) atoms. The summed E-state index contributed by atoms with van der Waals surface area (Å²) in [6.45, 7) is 3.60. The van der Waals surface area contributed by atoms with E-state index in [0.717, 1.165) is 12.8 Å². The van der Waals surface area contributed by atoms with Gasteiger partial charge in [-0.15, -0.1) is 6.58 Å². The Morgan fingerprint density at radius 3 is 2.87 bits per heavy atom. The first-order chi connectivity index (χ1) is 7.15. The van der Waals surface area contributed by atoms with Crippen LogP contribution < -0.4 is 0 Å². The molecule has 82 valence electrons. The SMILES string of the molecule is C=CCCCC(O)c1ccc(Br)cc1F. The molecule has 0 amide bonds. The largest absolute Gasteiger partial charge is 0.388 e. The lowest BCUT2D eigenvalue weighted by molar-refractivity contribution is 0.160. The van der Waals surface area contributed by atoms with Crippen LogP contribution in [0.2, 0.25) is 0 Å². The molecule has 3 heteroatoms. The molecule has 0 spiro atoms. The molecule has 0 aliphatic heterocycles. The van der Waals surface area contributed by atoms with Crippen molar-refractivity contribution in [2.75, 3.05) is 0 Å². The first-order valence-corrected chi connectivity index (χ1v) is 5.68. The lowest BCUT2D eigenvalue weighted by Crippen LogP contribution is -2.00. The maximum Gasteiger partial charge on any atom is 0.130 e. The molecule has 1 unspecified atom stereocenters. The van der Waals surface area contributed by atoms with Crippen LogP contribution in [0.3, 0.4) is 0 Å². The molecule has 1 nitrogen and oxygen atoms in total. The first kappa shape index (κ1) is 12.4. The molecule has 1 aromatic carbocycles. The van der Waals surface area contributed by atoms with Gasteiger partial charge < -0.3 is 5.11 Å². The highest BCUT2D eigenvalue weighted by molar-refractivity contribution is 9.10. The molecule has 1 N–H and O–H groups in total. The Kier molecular flexibility index (Phi) is 4.99. The van der Waals surface area contributed by atoms with Gasteiger partial charge in [0.15, 0.2) is 0 Å². The number of benzene rings is 1. The summed E-state index contributed by atoms with van der Waals surface area (Å²) in [6, 6.07) is 4.71. The summed E-state index contributed by atoms with van der Waals surface area (Å²) in [5, 5.41) is 9.73. The van der Waals surface area contributed by atoms with Crippen LogP contribution in [0, 0.1) is 5.82 Å². The second kappa shape index (κ2) is 6.03. The van der Waals surface area contributed by atoms with Crippen molar-refractivity contribution in [2.45, 2.75) is 25.4 Å². The van der Waals surface area contributed by atoms with Crippen LogP contribution in [0.4, 0.5) is 4.39 Å². The van der Waals surface area contributed by atoms with Crippen LogP contribution in [-0.2, 0) is 0 Å². The Morgan fingerprint density at radius 1 is 1.53 bits per heavy atom.